The van der Waals surface area contributed by atoms with Crippen LogP contribution in [-0.4, -0.2) is 122 Å². The number of carbonyl (C=O) groups is 1. The Kier molecular flexibility index (Phi) is 9.94. The molecule has 12 heteroatoms. The number of hydrogen-bond acceptors (Lipinski definition) is 11. The summed E-state index contributed by atoms with van der Waals surface area (Å²) in [6.07, 6.45) is 4.72. The first-order chi connectivity index (χ1) is 23.5. The molecule has 0 spiro atoms. The minimum absolute atomic E-state index is 0.0410. The summed E-state index contributed by atoms with van der Waals surface area (Å²) in [5.41, 5.74) is 4.12. The number of carbonyl (C=O) groups excluding carboxylic acids is 1. The lowest BCUT2D eigenvalue weighted by molar-refractivity contribution is -0.126. The number of amides is 1. The fourth-order valence-electron chi connectivity index (χ4n) is 7.37. The third-order valence-corrected chi connectivity index (χ3v) is 10.1. The van der Waals surface area contributed by atoms with E-state index in [4.69, 9.17) is 24.2 Å². The van der Waals surface area contributed by atoms with Gasteiger partial charge >= 0.3 is 6.01 Å². The Hall–Kier alpha value is -3.97. The van der Waals surface area contributed by atoms with Crippen LogP contribution in [0.3, 0.4) is 0 Å². The number of hydrogen-bond donors (Lipinski definition) is 2. The molecule has 256 valence electrons. The molecule has 1 aromatic heterocycles. The number of phenols is 1. The van der Waals surface area contributed by atoms with Crippen molar-refractivity contribution >= 4 is 28.2 Å². The van der Waals surface area contributed by atoms with E-state index in [1.807, 2.05) is 17.0 Å². The van der Waals surface area contributed by atoms with Gasteiger partial charge in [-0.25, -0.2) is 0 Å². The third kappa shape index (κ3) is 7.21. The van der Waals surface area contributed by atoms with Gasteiger partial charge in [-0.2, -0.15) is 9.97 Å². The van der Waals surface area contributed by atoms with Crippen molar-refractivity contribution in [1.82, 2.24) is 25.1 Å². The van der Waals surface area contributed by atoms with Crippen LogP contribution in [0, 0.1) is 0 Å². The number of nitrogens with zero attached hydrogens (tertiary/aromatic N) is 6. The molecular formula is C36H47N7O5. The molecule has 1 amide bonds. The van der Waals surface area contributed by atoms with Gasteiger partial charge in [-0.1, -0.05) is 18.7 Å². The topological polar surface area (TPSA) is 116 Å². The SMILES string of the molecule is C=CC(=O)N1CCN(c2nc(OCCN3CCC(OC)C3)nc3c2CCN(c2cc(O)cc4cc(COC5CCNC5)ccc24)C3)CC1. The maximum Gasteiger partial charge on any atom is 0.318 e. The van der Waals surface area contributed by atoms with Crippen molar-refractivity contribution in [2.75, 3.05) is 89.0 Å². The van der Waals surface area contributed by atoms with Crippen molar-refractivity contribution in [2.45, 2.75) is 44.6 Å². The number of benzene rings is 2. The lowest BCUT2D eigenvalue weighted by Gasteiger charge is -2.38. The molecule has 2 atom stereocenters. The summed E-state index contributed by atoms with van der Waals surface area (Å²) in [4.78, 5) is 30.9. The quantitative estimate of drug-likeness (QED) is 0.297. The molecule has 2 unspecified atom stereocenters. The number of fused-ring (bicyclic) bond motifs is 2. The van der Waals surface area contributed by atoms with E-state index in [9.17, 15) is 9.90 Å². The second-order valence-corrected chi connectivity index (χ2v) is 13.2. The van der Waals surface area contributed by atoms with E-state index < -0.39 is 0 Å². The number of piperazine rings is 1. The van der Waals surface area contributed by atoms with Crippen LogP contribution in [0.4, 0.5) is 11.5 Å². The Morgan fingerprint density at radius 3 is 2.71 bits per heavy atom. The zero-order chi connectivity index (χ0) is 33.0. The zero-order valence-electron chi connectivity index (χ0n) is 27.9. The second-order valence-electron chi connectivity index (χ2n) is 13.2. The van der Waals surface area contributed by atoms with E-state index in [1.165, 1.54) is 6.08 Å². The smallest absolute Gasteiger partial charge is 0.318 e. The van der Waals surface area contributed by atoms with Crippen molar-refractivity contribution in [1.29, 1.82) is 0 Å². The van der Waals surface area contributed by atoms with Crippen molar-refractivity contribution in [3.8, 4) is 11.8 Å². The maximum absolute atomic E-state index is 12.3. The van der Waals surface area contributed by atoms with E-state index in [0.717, 1.165) is 97.6 Å². The normalized spacial score (nSPS) is 21.6. The number of rotatable bonds is 11. The lowest BCUT2D eigenvalue weighted by Crippen LogP contribution is -2.49. The minimum Gasteiger partial charge on any atom is -0.508 e. The molecule has 3 saturated heterocycles. The minimum atomic E-state index is -0.0410. The molecule has 3 fully saturated rings. The number of anilines is 2. The van der Waals surface area contributed by atoms with Crippen molar-refractivity contribution in [3.05, 3.63) is 59.8 Å². The molecule has 4 aliphatic rings. The molecule has 7 rings (SSSR count). The van der Waals surface area contributed by atoms with Gasteiger partial charge in [0.25, 0.3) is 0 Å². The Morgan fingerprint density at radius 2 is 1.94 bits per heavy atom. The van der Waals surface area contributed by atoms with Gasteiger partial charge in [-0.15, -0.1) is 0 Å². The van der Waals surface area contributed by atoms with Crippen LogP contribution in [0.25, 0.3) is 10.8 Å². The summed E-state index contributed by atoms with van der Waals surface area (Å²) >= 11 is 0. The molecule has 0 saturated carbocycles. The predicted molar refractivity (Wildman–Crippen MR) is 185 cm³/mol. The summed E-state index contributed by atoms with van der Waals surface area (Å²) in [5.74, 6) is 1.09. The molecular weight excluding hydrogens is 610 g/mol. The van der Waals surface area contributed by atoms with Crippen molar-refractivity contribution < 1.29 is 24.1 Å². The first-order valence-corrected chi connectivity index (χ1v) is 17.2. The fraction of sp³-hybridized carbons (Fsp3) is 0.528. The largest absolute Gasteiger partial charge is 0.508 e. The standard InChI is InChI=1S/C36H47N7O5/c1-3-34(45)41-12-14-42(15-13-41)35-31-8-11-43(23-32(31)38-36(39-35)47-17-16-40-10-7-29(22-40)46-2)33-20-27(44)19-26-18-25(4-5-30(26)33)24-48-28-6-9-37-21-28/h3-5,18-20,28-29,37,44H,1,6-17,21-24H2,2H3. The first-order valence-electron chi connectivity index (χ1n) is 17.2. The number of aromatic hydroxyl groups is 1. The van der Waals surface area contributed by atoms with Gasteiger partial charge in [-0.3, -0.25) is 9.69 Å². The highest BCUT2D eigenvalue weighted by Gasteiger charge is 2.29. The second kappa shape index (κ2) is 14.7. The maximum atomic E-state index is 12.3. The molecule has 5 heterocycles. The molecule has 2 aromatic carbocycles. The van der Waals surface area contributed by atoms with Gasteiger partial charge in [0.2, 0.25) is 5.91 Å². The fourth-order valence-corrected chi connectivity index (χ4v) is 7.37. The number of nitrogens with one attached hydrogen (secondary N) is 1. The molecule has 0 bridgehead atoms. The van der Waals surface area contributed by atoms with Crippen LogP contribution in [0.1, 0.15) is 29.7 Å². The van der Waals surface area contributed by atoms with Crippen LogP contribution < -0.4 is 19.9 Å². The summed E-state index contributed by atoms with van der Waals surface area (Å²) in [6, 6.07) is 10.4. The Labute approximate surface area is 282 Å². The average Bonchev–Trinajstić information content (AvgIpc) is 3.82. The Balaban J connectivity index is 1.12. The predicted octanol–water partition coefficient (Wildman–Crippen LogP) is 2.71. The highest BCUT2D eigenvalue weighted by atomic mass is 16.5. The number of ether oxygens (including phenoxy) is 3. The molecule has 12 nitrogen and oxygen atoms in total. The summed E-state index contributed by atoms with van der Waals surface area (Å²) in [7, 11) is 1.77. The zero-order valence-corrected chi connectivity index (χ0v) is 27.9. The van der Waals surface area contributed by atoms with E-state index >= 15 is 0 Å². The van der Waals surface area contributed by atoms with Gasteiger partial charge in [0.05, 0.1) is 31.1 Å². The van der Waals surface area contributed by atoms with Gasteiger partial charge in [0.15, 0.2) is 0 Å². The van der Waals surface area contributed by atoms with Gasteiger partial charge in [-0.05, 0) is 55.0 Å². The van der Waals surface area contributed by atoms with Crippen LogP contribution >= 0.6 is 0 Å². The highest BCUT2D eigenvalue weighted by molar-refractivity contribution is 5.96. The Morgan fingerprint density at radius 1 is 1.06 bits per heavy atom. The number of phenolic OH excluding ortho intramolecular Hbond substituents is 1. The van der Waals surface area contributed by atoms with E-state index in [0.29, 0.717) is 51.9 Å². The first kappa shape index (κ1) is 32.6. The third-order valence-electron chi connectivity index (χ3n) is 10.1. The van der Waals surface area contributed by atoms with Gasteiger partial charge in [0, 0.05) is 88.7 Å². The van der Waals surface area contributed by atoms with Gasteiger partial charge in [0.1, 0.15) is 18.2 Å². The number of aromatic nitrogens is 2. The van der Waals surface area contributed by atoms with Crippen molar-refractivity contribution in [2.24, 2.45) is 0 Å². The van der Waals surface area contributed by atoms with Crippen molar-refractivity contribution in [3.63, 3.8) is 0 Å². The van der Waals surface area contributed by atoms with Gasteiger partial charge < -0.3 is 39.3 Å². The monoisotopic (exact) mass is 657 g/mol. The summed E-state index contributed by atoms with van der Waals surface area (Å²) in [6.45, 7) is 13.2. The van der Waals surface area contributed by atoms with E-state index in [-0.39, 0.29) is 23.9 Å². The number of methoxy groups -OCH3 is 1. The van der Waals surface area contributed by atoms with E-state index in [1.54, 1.807) is 7.11 Å². The van der Waals surface area contributed by atoms with Crippen LogP contribution in [0.2, 0.25) is 0 Å². The average molecular weight is 658 g/mol. The number of likely N-dealkylation sites (tertiary alicyclic amines) is 1. The molecule has 2 N–H and O–H groups in total. The van der Waals surface area contributed by atoms with Crippen LogP contribution in [0.15, 0.2) is 43.0 Å². The summed E-state index contributed by atoms with van der Waals surface area (Å²) in [5, 5.41) is 16.2. The van der Waals surface area contributed by atoms with Crippen LogP contribution in [0.5, 0.6) is 11.8 Å². The van der Waals surface area contributed by atoms with Crippen LogP contribution in [-0.2, 0) is 33.8 Å². The molecule has 4 aliphatic heterocycles. The lowest BCUT2D eigenvalue weighted by atomic mass is 10.0. The van der Waals surface area contributed by atoms with E-state index in [2.05, 4.69) is 44.8 Å². The molecule has 0 aliphatic carbocycles. The molecule has 48 heavy (non-hydrogen) atoms. The Bertz CT molecular complexity index is 1620. The highest BCUT2D eigenvalue weighted by Crippen LogP contribution is 2.37. The molecule has 0 radical (unpaired) electrons. The summed E-state index contributed by atoms with van der Waals surface area (Å²) < 4.78 is 17.9. The molecule has 3 aromatic rings.